The Morgan fingerprint density at radius 2 is 2.16 bits per heavy atom. The SMILES string of the molecule is CC1(C)CN(c2c(Cl)cc(N)cc2C(N)=O)CCS1. The van der Waals surface area contributed by atoms with Crippen LogP contribution in [0.25, 0.3) is 0 Å². The molecule has 0 radical (unpaired) electrons. The molecule has 1 heterocycles. The average Bonchev–Trinajstić information content (AvgIpc) is 2.26. The molecule has 4 nitrogen and oxygen atoms in total. The Kier molecular flexibility index (Phi) is 3.87. The molecule has 0 spiro atoms. The van der Waals surface area contributed by atoms with Crippen LogP contribution >= 0.6 is 23.4 Å². The number of benzene rings is 1. The first-order valence-corrected chi connectivity index (χ1v) is 7.44. The maximum Gasteiger partial charge on any atom is 0.250 e. The van der Waals surface area contributed by atoms with E-state index in [-0.39, 0.29) is 4.75 Å². The van der Waals surface area contributed by atoms with Crippen molar-refractivity contribution in [2.24, 2.45) is 5.73 Å². The van der Waals surface area contributed by atoms with Crippen LogP contribution in [0.4, 0.5) is 11.4 Å². The average molecular weight is 300 g/mol. The van der Waals surface area contributed by atoms with Crippen molar-refractivity contribution in [1.82, 2.24) is 0 Å². The van der Waals surface area contributed by atoms with Crippen LogP contribution in [-0.4, -0.2) is 29.5 Å². The minimum absolute atomic E-state index is 0.123. The highest BCUT2D eigenvalue weighted by atomic mass is 35.5. The lowest BCUT2D eigenvalue weighted by Gasteiger charge is -2.39. The number of thioether (sulfide) groups is 1. The van der Waals surface area contributed by atoms with Gasteiger partial charge in [-0.2, -0.15) is 11.8 Å². The summed E-state index contributed by atoms with van der Waals surface area (Å²) in [5.74, 6) is 0.492. The number of halogens is 1. The van der Waals surface area contributed by atoms with E-state index in [4.69, 9.17) is 23.1 Å². The van der Waals surface area contributed by atoms with Gasteiger partial charge in [-0.25, -0.2) is 0 Å². The van der Waals surface area contributed by atoms with Crippen molar-refractivity contribution in [2.75, 3.05) is 29.5 Å². The highest BCUT2D eigenvalue weighted by Crippen LogP contribution is 2.38. The monoisotopic (exact) mass is 299 g/mol. The van der Waals surface area contributed by atoms with Gasteiger partial charge in [0.15, 0.2) is 0 Å². The summed E-state index contributed by atoms with van der Waals surface area (Å²) in [5, 5.41) is 0.483. The molecule has 104 valence electrons. The second kappa shape index (κ2) is 5.13. The Bertz CT molecular complexity index is 519. The van der Waals surface area contributed by atoms with Gasteiger partial charge in [0, 0.05) is 29.3 Å². The number of nitrogens with zero attached hydrogens (tertiary/aromatic N) is 1. The Balaban J connectivity index is 2.46. The molecular formula is C13H18ClN3OS. The molecule has 0 aromatic heterocycles. The van der Waals surface area contributed by atoms with E-state index in [1.165, 1.54) is 0 Å². The van der Waals surface area contributed by atoms with Crippen LogP contribution in [0.15, 0.2) is 12.1 Å². The number of hydrogen-bond acceptors (Lipinski definition) is 4. The Morgan fingerprint density at radius 1 is 1.47 bits per heavy atom. The summed E-state index contributed by atoms with van der Waals surface area (Å²) in [5.41, 5.74) is 12.7. The molecule has 1 fully saturated rings. The minimum atomic E-state index is -0.500. The van der Waals surface area contributed by atoms with Crippen LogP contribution in [-0.2, 0) is 0 Å². The van der Waals surface area contributed by atoms with E-state index in [0.29, 0.717) is 22.0 Å². The van der Waals surface area contributed by atoms with E-state index >= 15 is 0 Å². The van der Waals surface area contributed by atoms with Gasteiger partial charge in [0.25, 0.3) is 5.91 Å². The zero-order valence-electron chi connectivity index (χ0n) is 11.1. The standard InChI is InChI=1S/C13H18ClN3OS/c1-13(2)7-17(3-4-19-13)11-9(12(16)18)5-8(15)6-10(11)14/h5-6H,3-4,7,15H2,1-2H3,(H2,16,18). The molecule has 6 heteroatoms. The molecule has 1 aromatic rings. The van der Waals surface area contributed by atoms with Crippen molar-refractivity contribution in [1.29, 1.82) is 0 Å². The largest absolute Gasteiger partial charge is 0.399 e. The van der Waals surface area contributed by atoms with E-state index < -0.39 is 5.91 Å². The number of rotatable bonds is 2. The number of nitrogen functional groups attached to an aromatic ring is 1. The molecule has 1 amide bonds. The number of amides is 1. The van der Waals surface area contributed by atoms with Gasteiger partial charge in [-0.3, -0.25) is 4.79 Å². The molecule has 2 rings (SSSR count). The molecule has 0 bridgehead atoms. The van der Waals surface area contributed by atoms with Gasteiger partial charge in [-0.05, 0) is 26.0 Å². The predicted molar refractivity (Wildman–Crippen MR) is 83.1 cm³/mol. The lowest BCUT2D eigenvalue weighted by molar-refractivity contribution is 0.100. The molecule has 4 N–H and O–H groups in total. The minimum Gasteiger partial charge on any atom is -0.399 e. The van der Waals surface area contributed by atoms with Gasteiger partial charge < -0.3 is 16.4 Å². The first-order valence-electron chi connectivity index (χ1n) is 6.08. The van der Waals surface area contributed by atoms with Gasteiger partial charge in [0.05, 0.1) is 16.3 Å². The third-order valence-corrected chi connectivity index (χ3v) is 4.68. The van der Waals surface area contributed by atoms with E-state index in [1.54, 1.807) is 12.1 Å². The molecule has 0 unspecified atom stereocenters. The van der Waals surface area contributed by atoms with E-state index in [0.717, 1.165) is 18.8 Å². The van der Waals surface area contributed by atoms with Crippen LogP contribution in [0.3, 0.4) is 0 Å². The van der Waals surface area contributed by atoms with Crippen molar-refractivity contribution in [3.05, 3.63) is 22.7 Å². The van der Waals surface area contributed by atoms with Gasteiger partial charge >= 0.3 is 0 Å². The zero-order valence-corrected chi connectivity index (χ0v) is 12.6. The smallest absolute Gasteiger partial charge is 0.250 e. The molecular weight excluding hydrogens is 282 g/mol. The highest BCUT2D eigenvalue weighted by molar-refractivity contribution is 8.00. The number of anilines is 2. The highest BCUT2D eigenvalue weighted by Gasteiger charge is 2.30. The van der Waals surface area contributed by atoms with Crippen LogP contribution in [0, 0.1) is 0 Å². The Morgan fingerprint density at radius 3 is 2.74 bits per heavy atom. The summed E-state index contributed by atoms with van der Waals surface area (Å²) in [6, 6.07) is 3.26. The second-order valence-electron chi connectivity index (χ2n) is 5.29. The van der Waals surface area contributed by atoms with Gasteiger partial charge in [0.2, 0.25) is 0 Å². The van der Waals surface area contributed by atoms with E-state index in [2.05, 4.69) is 18.7 Å². The lowest BCUT2D eigenvalue weighted by Crippen LogP contribution is -2.44. The van der Waals surface area contributed by atoms with E-state index in [9.17, 15) is 4.79 Å². The summed E-state index contributed by atoms with van der Waals surface area (Å²) >= 11 is 8.19. The van der Waals surface area contributed by atoms with Crippen molar-refractivity contribution >= 4 is 40.6 Å². The normalized spacial score (nSPS) is 18.4. The number of nitrogens with two attached hydrogens (primary N) is 2. The summed E-state index contributed by atoms with van der Waals surface area (Å²) in [4.78, 5) is 13.7. The summed E-state index contributed by atoms with van der Waals surface area (Å²) in [6.45, 7) is 6.03. The number of primary amides is 1. The fraction of sp³-hybridized carbons (Fsp3) is 0.462. The molecule has 0 atom stereocenters. The van der Waals surface area contributed by atoms with E-state index in [1.807, 2.05) is 11.8 Å². The number of hydrogen-bond donors (Lipinski definition) is 2. The first-order chi connectivity index (χ1) is 8.80. The topological polar surface area (TPSA) is 72.3 Å². The Labute approximate surface area is 122 Å². The molecule has 19 heavy (non-hydrogen) atoms. The maximum atomic E-state index is 11.6. The quantitative estimate of drug-likeness (QED) is 0.822. The van der Waals surface area contributed by atoms with Crippen LogP contribution in [0.1, 0.15) is 24.2 Å². The number of carbonyl (C=O) groups excluding carboxylic acids is 1. The Hall–Kier alpha value is -1.07. The predicted octanol–water partition coefficient (Wildman–Crippen LogP) is 2.35. The number of carbonyl (C=O) groups is 1. The van der Waals surface area contributed by atoms with Crippen LogP contribution in [0.2, 0.25) is 5.02 Å². The lowest BCUT2D eigenvalue weighted by atomic mass is 10.1. The summed E-state index contributed by atoms with van der Waals surface area (Å²) in [6.07, 6.45) is 0. The van der Waals surface area contributed by atoms with Crippen LogP contribution in [0.5, 0.6) is 0 Å². The van der Waals surface area contributed by atoms with Crippen molar-refractivity contribution < 1.29 is 4.79 Å². The summed E-state index contributed by atoms with van der Waals surface area (Å²) in [7, 11) is 0. The summed E-state index contributed by atoms with van der Waals surface area (Å²) < 4.78 is 0.123. The van der Waals surface area contributed by atoms with Gasteiger partial charge in [-0.1, -0.05) is 11.6 Å². The fourth-order valence-electron chi connectivity index (χ4n) is 2.34. The first kappa shape index (κ1) is 14.3. The van der Waals surface area contributed by atoms with Gasteiger partial charge in [-0.15, -0.1) is 0 Å². The molecule has 0 saturated carbocycles. The molecule has 0 aliphatic carbocycles. The van der Waals surface area contributed by atoms with Crippen molar-refractivity contribution in [2.45, 2.75) is 18.6 Å². The van der Waals surface area contributed by atoms with Crippen LogP contribution < -0.4 is 16.4 Å². The molecule has 1 aliphatic heterocycles. The molecule has 1 saturated heterocycles. The fourth-order valence-corrected chi connectivity index (χ4v) is 3.80. The van der Waals surface area contributed by atoms with Crippen molar-refractivity contribution in [3.8, 4) is 0 Å². The second-order valence-corrected chi connectivity index (χ2v) is 7.50. The molecule has 1 aromatic carbocycles. The third-order valence-electron chi connectivity index (χ3n) is 3.09. The maximum absolute atomic E-state index is 11.6. The third kappa shape index (κ3) is 3.09. The van der Waals surface area contributed by atoms with Gasteiger partial charge in [0.1, 0.15) is 0 Å². The zero-order chi connectivity index (χ0) is 14.2. The van der Waals surface area contributed by atoms with Crippen molar-refractivity contribution in [3.63, 3.8) is 0 Å². The molecule has 1 aliphatic rings.